The zero-order chi connectivity index (χ0) is 12.4. The molecule has 2 N–H and O–H groups in total. The molecule has 2 aromatic rings. The molecular formula is C12H16N5. The highest BCUT2D eigenvalue weighted by Gasteiger charge is 2.04. The number of anilines is 3. The van der Waals surface area contributed by atoms with Gasteiger partial charge in [-0.25, -0.2) is 4.98 Å². The van der Waals surface area contributed by atoms with E-state index in [9.17, 15) is 0 Å². The number of nitrogens with one attached hydrogen (secondary N) is 2. The third-order valence-electron chi connectivity index (χ3n) is 2.32. The maximum absolute atomic E-state index is 4.35. The van der Waals surface area contributed by atoms with E-state index in [1.807, 2.05) is 45.0 Å². The molecule has 0 aromatic carbocycles. The standard InChI is InChI=1S/C12H16N5/c1-8-5-9(2)13-10(6-8)14-11-7-12(16-15-11)17(3)4/h6-7H,1-4H3,(H2,13,14,15,16). The van der Waals surface area contributed by atoms with Crippen LogP contribution < -0.4 is 10.2 Å². The molecule has 2 heterocycles. The van der Waals surface area contributed by atoms with Crippen LogP contribution in [0, 0.1) is 19.9 Å². The van der Waals surface area contributed by atoms with Crippen LogP contribution in [-0.2, 0) is 0 Å². The second-order valence-corrected chi connectivity index (χ2v) is 4.19. The highest BCUT2D eigenvalue weighted by Crippen LogP contribution is 2.17. The number of hydrogen-bond donors (Lipinski definition) is 2. The molecule has 5 nitrogen and oxygen atoms in total. The number of hydrogen-bond acceptors (Lipinski definition) is 4. The van der Waals surface area contributed by atoms with Gasteiger partial charge in [0.25, 0.3) is 0 Å². The van der Waals surface area contributed by atoms with Crippen molar-refractivity contribution in [2.45, 2.75) is 13.8 Å². The molecule has 0 fully saturated rings. The van der Waals surface area contributed by atoms with Gasteiger partial charge in [0.05, 0.1) is 0 Å². The molecule has 0 bridgehead atoms. The van der Waals surface area contributed by atoms with E-state index in [-0.39, 0.29) is 0 Å². The highest BCUT2D eigenvalue weighted by atomic mass is 15.3. The molecule has 2 aromatic heterocycles. The Morgan fingerprint density at radius 3 is 2.59 bits per heavy atom. The number of aryl methyl sites for hydroxylation is 2. The Morgan fingerprint density at radius 2 is 2.00 bits per heavy atom. The Labute approximate surface area is 101 Å². The third kappa shape index (κ3) is 2.75. The summed E-state index contributed by atoms with van der Waals surface area (Å²) < 4.78 is 0. The molecule has 0 unspecified atom stereocenters. The van der Waals surface area contributed by atoms with E-state index in [1.54, 1.807) is 0 Å². The molecule has 0 saturated carbocycles. The van der Waals surface area contributed by atoms with Gasteiger partial charge in [0, 0.05) is 31.9 Å². The average molecular weight is 230 g/mol. The Morgan fingerprint density at radius 1 is 1.24 bits per heavy atom. The van der Waals surface area contributed by atoms with Crippen LogP contribution >= 0.6 is 0 Å². The van der Waals surface area contributed by atoms with Gasteiger partial charge in [-0.3, -0.25) is 5.10 Å². The van der Waals surface area contributed by atoms with Gasteiger partial charge in [-0.2, -0.15) is 5.10 Å². The fraction of sp³-hybridized carbons (Fsp3) is 0.333. The molecule has 0 aliphatic heterocycles. The van der Waals surface area contributed by atoms with E-state index in [2.05, 4.69) is 26.6 Å². The number of pyridine rings is 1. The predicted molar refractivity (Wildman–Crippen MR) is 68.7 cm³/mol. The molecule has 0 spiro atoms. The van der Waals surface area contributed by atoms with Crippen molar-refractivity contribution in [2.75, 3.05) is 24.3 Å². The minimum atomic E-state index is 0.756. The van der Waals surface area contributed by atoms with Crippen molar-refractivity contribution in [1.29, 1.82) is 0 Å². The van der Waals surface area contributed by atoms with Crippen LogP contribution in [0.2, 0.25) is 0 Å². The topological polar surface area (TPSA) is 56.8 Å². The maximum atomic E-state index is 4.35. The SMILES string of the molecule is Cc1[c]c(C)nc(Nc2cc(N(C)C)[nH]n2)c1. The molecular weight excluding hydrogens is 214 g/mol. The van der Waals surface area contributed by atoms with E-state index in [4.69, 9.17) is 0 Å². The van der Waals surface area contributed by atoms with Gasteiger partial charge in [0.1, 0.15) is 11.6 Å². The number of nitrogens with zero attached hydrogens (tertiary/aromatic N) is 3. The first-order valence-corrected chi connectivity index (χ1v) is 5.42. The van der Waals surface area contributed by atoms with E-state index >= 15 is 0 Å². The minimum absolute atomic E-state index is 0.756. The number of aromatic nitrogens is 3. The van der Waals surface area contributed by atoms with Gasteiger partial charge in [-0.1, -0.05) is 0 Å². The van der Waals surface area contributed by atoms with Gasteiger partial charge >= 0.3 is 0 Å². The van der Waals surface area contributed by atoms with Crippen LogP contribution in [-0.4, -0.2) is 29.3 Å². The van der Waals surface area contributed by atoms with Crippen molar-refractivity contribution in [2.24, 2.45) is 0 Å². The molecule has 1 radical (unpaired) electrons. The van der Waals surface area contributed by atoms with Gasteiger partial charge < -0.3 is 10.2 Å². The van der Waals surface area contributed by atoms with Crippen LogP contribution in [0.25, 0.3) is 0 Å². The first-order valence-electron chi connectivity index (χ1n) is 5.42. The van der Waals surface area contributed by atoms with E-state index in [0.717, 1.165) is 28.7 Å². The Kier molecular flexibility index (Phi) is 2.99. The molecule has 2 rings (SSSR count). The highest BCUT2D eigenvalue weighted by molar-refractivity contribution is 5.57. The van der Waals surface area contributed by atoms with Gasteiger partial charge in [-0.15, -0.1) is 0 Å². The zero-order valence-corrected chi connectivity index (χ0v) is 10.5. The van der Waals surface area contributed by atoms with E-state index in [1.165, 1.54) is 0 Å². The summed E-state index contributed by atoms with van der Waals surface area (Å²) in [6.45, 7) is 3.92. The lowest BCUT2D eigenvalue weighted by atomic mass is 10.2. The summed E-state index contributed by atoms with van der Waals surface area (Å²) in [5, 5.41) is 10.3. The quantitative estimate of drug-likeness (QED) is 0.847. The minimum Gasteiger partial charge on any atom is -0.363 e. The lowest BCUT2D eigenvalue weighted by Gasteiger charge is -2.06. The van der Waals surface area contributed by atoms with Crippen molar-refractivity contribution >= 4 is 17.5 Å². The number of rotatable bonds is 3. The van der Waals surface area contributed by atoms with Crippen molar-refractivity contribution < 1.29 is 0 Å². The zero-order valence-electron chi connectivity index (χ0n) is 10.5. The molecule has 0 atom stereocenters. The first-order chi connectivity index (χ1) is 8.04. The van der Waals surface area contributed by atoms with Crippen LogP contribution in [0.5, 0.6) is 0 Å². The van der Waals surface area contributed by atoms with E-state index in [0.29, 0.717) is 0 Å². The van der Waals surface area contributed by atoms with Crippen LogP contribution in [0.4, 0.5) is 17.5 Å². The van der Waals surface area contributed by atoms with Crippen molar-refractivity contribution in [1.82, 2.24) is 15.2 Å². The number of aromatic amines is 1. The second-order valence-electron chi connectivity index (χ2n) is 4.19. The summed E-state index contributed by atoms with van der Waals surface area (Å²) in [5.74, 6) is 2.49. The van der Waals surface area contributed by atoms with Crippen molar-refractivity contribution in [3.8, 4) is 0 Å². The molecule has 0 aliphatic carbocycles. The van der Waals surface area contributed by atoms with Gasteiger partial charge in [0.2, 0.25) is 0 Å². The second kappa shape index (κ2) is 4.45. The summed E-state index contributed by atoms with van der Waals surface area (Å²) in [6.07, 6.45) is 0. The largest absolute Gasteiger partial charge is 0.363 e. The fourth-order valence-electron chi connectivity index (χ4n) is 1.57. The maximum Gasteiger partial charge on any atom is 0.155 e. The molecule has 89 valence electrons. The summed E-state index contributed by atoms with van der Waals surface area (Å²) in [7, 11) is 3.92. The monoisotopic (exact) mass is 230 g/mol. The summed E-state index contributed by atoms with van der Waals surface area (Å²) in [4.78, 5) is 6.31. The van der Waals surface area contributed by atoms with Gasteiger partial charge in [-0.05, 0) is 25.5 Å². The predicted octanol–water partition coefficient (Wildman–Crippen LogP) is 2.03. The Hall–Kier alpha value is -2.04. The Bertz CT molecular complexity index is 495. The third-order valence-corrected chi connectivity index (χ3v) is 2.32. The summed E-state index contributed by atoms with van der Waals surface area (Å²) in [5.41, 5.74) is 1.93. The molecule has 17 heavy (non-hydrogen) atoms. The van der Waals surface area contributed by atoms with Gasteiger partial charge in [0.15, 0.2) is 5.82 Å². The average Bonchev–Trinajstić information content (AvgIpc) is 2.64. The summed E-state index contributed by atoms with van der Waals surface area (Å²) in [6, 6.07) is 7.01. The number of H-pyrrole nitrogens is 1. The van der Waals surface area contributed by atoms with E-state index < -0.39 is 0 Å². The van der Waals surface area contributed by atoms with Crippen LogP contribution in [0.3, 0.4) is 0 Å². The van der Waals surface area contributed by atoms with Crippen LogP contribution in [0.1, 0.15) is 11.3 Å². The lowest BCUT2D eigenvalue weighted by Crippen LogP contribution is -2.08. The summed E-state index contributed by atoms with van der Waals surface area (Å²) >= 11 is 0. The Balaban J connectivity index is 2.19. The fourth-order valence-corrected chi connectivity index (χ4v) is 1.57. The van der Waals surface area contributed by atoms with Crippen LogP contribution in [0.15, 0.2) is 12.1 Å². The normalized spacial score (nSPS) is 10.4. The van der Waals surface area contributed by atoms with Crippen molar-refractivity contribution in [3.05, 3.63) is 29.5 Å². The molecule has 0 amide bonds. The lowest BCUT2D eigenvalue weighted by molar-refractivity contribution is 1.01. The first kappa shape index (κ1) is 11.4. The molecule has 0 saturated heterocycles. The molecule has 5 heteroatoms. The molecule has 0 aliphatic rings. The van der Waals surface area contributed by atoms with Crippen molar-refractivity contribution in [3.63, 3.8) is 0 Å². The smallest absolute Gasteiger partial charge is 0.155 e.